The van der Waals surface area contributed by atoms with Crippen molar-refractivity contribution in [2.24, 2.45) is 0 Å². The summed E-state index contributed by atoms with van der Waals surface area (Å²) in [6.07, 6.45) is -0.243. The molecular weight excluding hydrogens is 208 g/mol. The highest BCUT2D eigenvalue weighted by atomic mass is 32.2. The van der Waals surface area contributed by atoms with Gasteiger partial charge in [-0.05, 0) is 30.7 Å². The number of thioether (sulfide) groups is 1. The van der Waals surface area contributed by atoms with E-state index in [0.29, 0.717) is 6.54 Å². The summed E-state index contributed by atoms with van der Waals surface area (Å²) in [7, 11) is 0. The van der Waals surface area contributed by atoms with Crippen LogP contribution in [-0.4, -0.2) is 29.5 Å². The highest BCUT2D eigenvalue weighted by Gasteiger charge is 2.25. The Hall–Kier alpha value is -0.710. The number of aliphatic hydroxyl groups excluding tert-OH is 1. The molecule has 3 nitrogen and oxygen atoms in total. The molecule has 1 aliphatic heterocycles. The van der Waals surface area contributed by atoms with Crippen molar-refractivity contribution in [3.8, 4) is 0 Å². The number of rotatable bonds is 2. The molecule has 0 aromatic heterocycles. The lowest BCUT2D eigenvalue weighted by atomic mass is 10.2. The molecule has 4 N–H and O–H groups in total. The number of aryl methyl sites for hydroxylation is 1. The molecule has 0 saturated carbocycles. The van der Waals surface area contributed by atoms with Gasteiger partial charge in [0, 0.05) is 28.9 Å². The molecule has 0 spiro atoms. The number of nitrogens with one attached hydrogen (secondary N) is 1. The lowest BCUT2D eigenvalue weighted by Crippen LogP contribution is -2.19. The Morgan fingerprint density at radius 2 is 2.27 bits per heavy atom. The van der Waals surface area contributed by atoms with E-state index in [1.165, 1.54) is 4.90 Å². The highest BCUT2D eigenvalue weighted by molar-refractivity contribution is 8.00. The van der Waals surface area contributed by atoms with Crippen LogP contribution in [-0.2, 0) is 0 Å². The quantitative estimate of drug-likeness (QED) is 0.656. The van der Waals surface area contributed by atoms with Crippen molar-refractivity contribution in [3.63, 3.8) is 0 Å². The van der Waals surface area contributed by atoms with Crippen molar-refractivity contribution in [3.05, 3.63) is 23.8 Å². The van der Waals surface area contributed by atoms with Crippen LogP contribution in [0.1, 0.15) is 5.56 Å². The number of aliphatic hydroxyl groups is 1. The number of benzene rings is 1. The van der Waals surface area contributed by atoms with Crippen LogP contribution in [0.3, 0.4) is 0 Å². The maximum atomic E-state index is 9.67. The summed E-state index contributed by atoms with van der Waals surface area (Å²) in [5.74, 6) is 0. The lowest BCUT2D eigenvalue weighted by Gasteiger charge is -2.13. The van der Waals surface area contributed by atoms with E-state index < -0.39 is 0 Å². The fourth-order valence-electron chi connectivity index (χ4n) is 1.66. The van der Waals surface area contributed by atoms with Crippen molar-refractivity contribution < 1.29 is 5.11 Å². The van der Waals surface area contributed by atoms with E-state index in [1.807, 2.05) is 19.1 Å². The van der Waals surface area contributed by atoms with Crippen molar-refractivity contribution in [2.45, 2.75) is 23.2 Å². The van der Waals surface area contributed by atoms with Crippen LogP contribution in [0, 0.1) is 6.92 Å². The Labute approximate surface area is 94.1 Å². The van der Waals surface area contributed by atoms with Crippen LogP contribution in [0.25, 0.3) is 0 Å². The standard InChI is InChI=1S/C11H16N2OS/c1-7-4-8(2-3-9(7)12)15-11-6-13-5-10(11)14/h2-4,10-11,13-14H,5-6,12H2,1H3. The number of nitrogen functional groups attached to an aromatic ring is 1. The molecule has 0 amide bonds. The highest BCUT2D eigenvalue weighted by Crippen LogP contribution is 2.29. The van der Waals surface area contributed by atoms with Gasteiger partial charge in [0.15, 0.2) is 0 Å². The summed E-state index contributed by atoms with van der Waals surface area (Å²) in [4.78, 5) is 1.18. The number of hydrogen-bond acceptors (Lipinski definition) is 4. The average molecular weight is 224 g/mol. The molecule has 1 heterocycles. The molecule has 82 valence electrons. The maximum absolute atomic E-state index is 9.67. The Balaban J connectivity index is 2.07. The summed E-state index contributed by atoms with van der Waals surface area (Å²) in [6, 6.07) is 6.01. The SMILES string of the molecule is Cc1cc(SC2CNCC2O)ccc1N. The van der Waals surface area contributed by atoms with Crippen LogP contribution < -0.4 is 11.1 Å². The second kappa shape index (κ2) is 4.43. The first-order chi connectivity index (χ1) is 7.16. The lowest BCUT2D eigenvalue weighted by molar-refractivity contribution is 0.201. The van der Waals surface area contributed by atoms with Gasteiger partial charge in [0.25, 0.3) is 0 Å². The van der Waals surface area contributed by atoms with Gasteiger partial charge in [0.1, 0.15) is 0 Å². The first kappa shape index (κ1) is 10.8. The minimum absolute atomic E-state index is 0.243. The van der Waals surface area contributed by atoms with Crippen LogP contribution in [0.15, 0.2) is 23.1 Å². The Kier molecular flexibility index (Phi) is 3.19. The molecule has 2 rings (SSSR count). The molecule has 4 heteroatoms. The minimum Gasteiger partial charge on any atom is -0.399 e. The molecule has 0 aliphatic carbocycles. The zero-order chi connectivity index (χ0) is 10.8. The third-order valence-electron chi connectivity index (χ3n) is 2.66. The molecular formula is C11H16N2OS. The second-order valence-electron chi connectivity index (χ2n) is 3.90. The summed E-state index contributed by atoms with van der Waals surface area (Å²) in [5, 5.41) is 13.1. The van der Waals surface area contributed by atoms with Gasteiger partial charge >= 0.3 is 0 Å². The summed E-state index contributed by atoms with van der Waals surface area (Å²) in [5.41, 5.74) is 7.67. The number of anilines is 1. The molecule has 1 aliphatic rings. The van der Waals surface area contributed by atoms with E-state index >= 15 is 0 Å². The van der Waals surface area contributed by atoms with Crippen molar-refractivity contribution in [1.82, 2.24) is 5.32 Å². The van der Waals surface area contributed by atoms with Gasteiger partial charge in [-0.3, -0.25) is 0 Å². The maximum Gasteiger partial charge on any atom is 0.0798 e. The molecule has 2 atom stereocenters. The third-order valence-corrected chi connectivity index (χ3v) is 3.97. The van der Waals surface area contributed by atoms with Crippen molar-refractivity contribution in [2.75, 3.05) is 18.8 Å². The van der Waals surface area contributed by atoms with Gasteiger partial charge in [-0.25, -0.2) is 0 Å². The van der Waals surface area contributed by atoms with E-state index in [1.54, 1.807) is 11.8 Å². The van der Waals surface area contributed by atoms with E-state index in [9.17, 15) is 5.11 Å². The van der Waals surface area contributed by atoms with Gasteiger partial charge in [0.2, 0.25) is 0 Å². The third kappa shape index (κ3) is 2.45. The van der Waals surface area contributed by atoms with E-state index in [4.69, 9.17) is 5.73 Å². The molecule has 0 bridgehead atoms. The molecule has 1 fully saturated rings. The van der Waals surface area contributed by atoms with Gasteiger partial charge in [-0.1, -0.05) is 0 Å². The first-order valence-corrected chi connectivity index (χ1v) is 5.96. The number of β-amino-alcohol motifs (C(OH)–C–C–N with tert-alkyl or cyclic N) is 1. The summed E-state index contributed by atoms with van der Waals surface area (Å²) in [6.45, 7) is 3.57. The molecule has 1 saturated heterocycles. The van der Waals surface area contributed by atoms with Gasteiger partial charge in [0.05, 0.1) is 6.10 Å². The smallest absolute Gasteiger partial charge is 0.0798 e. The Morgan fingerprint density at radius 1 is 1.47 bits per heavy atom. The predicted molar refractivity (Wildman–Crippen MR) is 64.1 cm³/mol. The zero-order valence-corrected chi connectivity index (χ0v) is 9.55. The zero-order valence-electron chi connectivity index (χ0n) is 8.73. The van der Waals surface area contributed by atoms with E-state index in [2.05, 4.69) is 11.4 Å². The van der Waals surface area contributed by atoms with Gasteiger partial charge in [-0.2, -0.15) is 0 Å². The van der Waals surface area contributed by atoms with Crippen molar-refractivity contribution >= 4 is 17.4 Å². The minimum atomic E-state index is -0.243. The fourth-order valence-corrected chi connectivity index (χ4v) is 2.85. The predicted octanol–water partition coefficient (Wildman–Crippen LogP) is 1.00. The summed E-state index contributed by atoms with van der Waals surface area (Å²) >= 11 is 1.71. The molecule has 1 aromatic rings. The number of nitrogens with two attached hydrogens (primary N) is 1. The number of hydrogen-bond donors (Lipinski definition) is 3. The van der Waals surface area contributed by atoms with E-state index in [-0.39, 0.29) is 11.4 Å². The Bertz CT molecular complexity index is 356. The average Bonchev–Trinajstić information content (AvgIpc) is 2.59. The largest absolute Gasteiger partial charge is 0.399 e. The van der Waals surface area contributed by atoms with Crippen LogP contribution in [0.4, 0.5) is 5.69 Å². The van der Waals surface area contributed by atoms with Crippen LogP contribution in [0.5, 0.6) is 0 Å². The van der Waals surface area contributed by atoms with Crippen molar-refractivity contribution in [1.29, 1.82) is 0 Å². The van der Waals surface area contributed by atoms with Crippen LogP contribution in [0.2, 0.25) is 0 Å². The van der Waals surface area contributed by atoms with Gasteiger partial charge in [-0.15, -0.1) is 11.8 Å². The summed E-state index contributed by atoms with van der Waals surface area (Å²) < 4.78 is 0. The fraction of sp³-hybridized carbons (Fsp3) is 0.455. The van der Waals surface area contributed by atoms with E-state index in [0.717, 1.165) is 17.8 Å². The molecule has 0 radical (unpaired) electrons. The normalized spacial score (nSPS) is 25.7. The monoisotopic (exact) mass is 224 g/mol. The molecule has 1 aromatic carbocycles. The molecule has 2 unspecified atom stereocenters. The van der Waals surface area contributed by atoms with Crippen LogP contribution >= 0.6 is 11.8 Å². The first-order valence-electron chi connectivity index (χ1n) is 5.08. The second-order valence-corrected chi connectivity index (χ2v) is 5.21. The van der Waals surface area contributed by atoms with Gasteiger partial charge < -0.3 is 16.2 Å². The molecule has 15 heavy (non-hydrogen) atoms. The Morgan fingerprint density at radius 3 is 2.87 bits per heavy atom. The topological polar surface area (TPSA) is 58.3 Å².